The summed E-state index contributed by atoms with van der Waals surface area (Å²) in [6.07, 6.45) is -2.27. The Hall–Kier alpha value is -3.35. The fraction of sp³-hybridized carbons (Fsp3) is 0.250. The maximum atomic E-state index is 12.4. The molecule has 2 aromatic rings. The van der Waals surface area contributed by atoms with Crippen LogP contribution in [0.4, 0.5) is 11.4 Å². The number of nitrogens with zero attached hydrogens (tertiary/aromatic N) is 1. The molecule has 2 atom stereocenters. The van der Waals surface area contributed by atoms with Crippen LogP contribution in [-0.2, 0) is 19.1 Å². The van der Waals surface area contributed by atoms with Crippen LogP contribution < -0.4 is 15.0 Å². The lowest BCUT2D eigenvalue weighted by atomic mass is 10.1. The van der Waals surface area contributed by atoms with E-state index in [9.17, 15) is 14.4 Å². The maximum Gasteiger partial charge on any atom is 0.310 e. The van der Waals surface area contributed by atoms with Gasteiger partial charge in [0.15, 0.2) is 12.2 Å². The van der Waals surface area contributed by atoms with Crippen molar-refractivity contribution in [3.8, 4) is 5.75 Å². The number of hydrogen-bond donors (Lipinski definition) is 1. The highest BCUT2D eigenvalue weighted by Gasteiger charge is 2.31. The van der Waals surface area contributed by atoms with E-state index in [1.165, 1.54) is 11.8 Å². The quantitative estimate of drug-likeness (QED) is 0.819. The summed E-state index contributed by atoms with van der Waals surface area (Å²) in [5.41, 5.74) is 1.25. The smallest absolute Gasteiger partial charge is 0.310 e. The Kier molecular flexibility index (Phi) is 5.40. The van der Waals surface area contributed by atoms with Crippen molar-refractivity contribution in [3.05, 3.63) is 54.6 Å². The largest absolute Gasteiger partial charge is 0.478 e. The number of carbonyl (C=O) groups is 3. The van der Waals surface area contributed by atoms with Crippen LogP contribution in [0.25, 0.3) is 0 Å². The third-order valence-corrected chi connectivity index (χ3v) is 4.19. The number of fused-ring (bicyclic) bond motifs is 1. The molecule has 2 amide bonds. The van der Waals surface area contributed by atoms with Crippen molar-refractivity contribution in [1.29, 1.82) is 0 Å². The average Bonchev–Trinajstić information content (AvgIpc) is 2.68. The van der Waals surface area contributed by atoms with Crippen molar-refractivity contribution >= 4 is 29.2 Å². The lowest BCUT2D eigenvalue weighted by Gasteiger charge is -2.26. The number of rotatable bonds is 5. The van der Waals surface area contributed by atoms with Crippen LogP contribution in [0, 0.1) is 0 Å². The summed E-state index contributed by atoms with van der Waals surface area (Å²) in [5.74, 6) is -0.986. The Morgan fingerprint density at radius 1 is 1.15 bits per heavy atom. The monoisotopic (exact) mass is 368 g/mol. The summed E-state index contributed by atoms with van der Waals surface area (Å²) in [7, 11) is 1.61. The number of anilines is 2. The molecule has 0 fully saturated rings. The van der Waals surface area contributed by atoms with Gasteiger partial charge in [0.05, 0.1) is 12.1 Å². The van der Waals surface area contributed by atoms with Gasteiger partial charge in [0.2, 0.25) is 0 Å². The van der Waals surface area contributed by atoms with Gasteiger partial charge in [-0.3, -0.25) is 14.4 Å². The molecule has 2 aromatic carbocycles. The molecule has 7 nitrogen and oxygen atoms in total. The molecule has 1 N–H and O–H groups in total. The number of ether oxygens (including phenoxy) is 2. The number of para-hydroxylation sites is 3. The predicted molar refractivity (Wildman–Crippen MR) is 99.5 cm³/mol. The Bertz CT molecular complexity index is 852. The van der Waals surface area contributed by atoms with Crippen LogP contribution in [0.2, 0.25) is 0 Å². The van der Waals surface area contributed by atoms with Gasteiger partial charge in [0, 0.05) is 12.7 Å². The molecular weight excluding hydrogens is 348 g/mol. The zero-order chi connectivity index (χ0) is 19.4. The van der Waals surface area contributed by atoms with Crippen LogP contribution in [0.1, 0.15) is 13.3 Å². The van der Waals surface area contributed by atoms with Crippen LogP contribution in [0.5, 0.6) is 5.75 Å². The van der Waals surface area contributed by atoms with Crippen molar-refractivity contribution in [3.63, 3.8) is 0 Å². The summed E-state index contributed by atoms with van der Waals surface area (Å²) in [5, 5.41) is 2.68. The third-order valence-electron chi connectivity index (χ3n) is 4.19. The minimum absolute atomic E-state index is 0.285. The van der Waals surface area contributed by atoms with Gasteiger partial charge in [-0.05, 0) is 31.2 Å². The molecule has 140 valence electrons. The van der Waals surface area contributed by atoms with Gasteiger partial charge in [-0.15, -0.1) is 0 Å². The molecule has 3 rings (SSSR count). The topological polar surface area (TPSA) is 84.9 Å². The van der Waals surface area contributed by atoms with Crippen molar-refractivity contribution < 1.29 is 23.9 Å². The van der Waals surface area contributed by atoms with Gasteiger partial charge in [-0.2, -0.15) is 0 Å². The first kappa shape index (κ1) is 18.4. The normalized spacial score (nSPS) is 16.4. The minimum Gasteiger partial charge on any atom is -0.478 e. The molecule has 0 aromatic heterocycles. The molecule has 0 unspecified atom stereocenters. The standard InChI is InChI=1S/C20H20N2O5/c1-13(20(25)22(2)14-8-4-3-5-9-14)26-18(23)12-17-19(24)21-15-10-6-7-11-16(15)27-17/h3-11,13,17H,12H2,1-2H3,(H,21,24)/t13-,17+/m1/s1. The predicted octanol–water partition coefficient (Wildman–Crippen LogP) is 2.37. The fourth-order valence-electron chi connectivity index (χ4n) is 2.73. The molecule has 0 radical (unpaired) electrons. The highest BCUT2D eigenvalue weighted by atomic mass is 16.6. The summed E-state index contributed by atoms with van der Waals surface area (Å²) < 4.78 is 10.8. The van der Waals surface area contributed by atoms with E-state index >= 15 is 0 Å². The van der Waals surface area contributed by atoms with Crippen LogP contribution >= 0.6 is 0 Å². The lowest BCUT2D eigenvalue weighted by Crippen LogP contribution is -2.41. The number of carbonyl (C=O) groups excluding carboxylic acids is 3. The first-order chi connectivity index (χ1) is 13.0. The van der Waals surface area contributed by atoms with E-state index < -0.39 is 24.1 Å². The van der Waals surface area contributed by atoms with Gasteiger partial charge in [-0.1, -0.05) is 30.3 Å². The molecule has 0 spiro atoms. The summed E-state index contributed by atoms with van der Waals surface area (Å²) in [6.45, 7) is 1.50. The van der Waals surface area contributed by atoms with Crippen molar-refractivity contribution in [2.75, 3.05) is 17.3 Å². The van der Waals surface area contributed by atoms with Crippen LogP contribution in [-0.4, -0.2) is 37.0 Å². The van der Waals surface area contributed by atoms with E-state index in [-0.39, 0.29) is 12.3 Å². The number of likely N-dealkylation sites (N-methyl/N-ethyl adjacent to an activating group) is 1. The van der Waals surface area contributed by atoms with Gasteiger partial charge in [0.1, 0.15) is 5.75 Å². The molecule has 0 saturated heterocycles. The zero-order valence-corrected chi connectivity index (χ0v) is 15.0. The van der Waals surface area contributed by atoms with Gasteiger partial charge in [-0.25, -0.2) is 0 Å². The highest BCUT2D eigenvalue weighted by molar-refractivity contribution is 6.00. The Balaban J connectivity index is 1.57. The molecule has 7 heteroatoms. The van der Waals surface area contributed by atoms with Crippen molar-refractivity contribution in [2.24, 2.45) is 0 Å². The van der Waals surface area contributed by atoms with E-state index in [2.05, 4.69) is 5.32 Å². The molecule has 0 aliphatic carbocycles. The highest BCUT2D eigenvalue weighted by Crippen LogP contribution is 2.29. The van der Waals surface area contributed by atoms with Crippen molar-refractivity contribution in [2.45, 2.75) is 25.6 Å². The second-order valence-corrected chi connectivity index (χ2v) is 6.16. The molecule has 27 heavy (non-hydrogen) atoms. The molecule has 1 heterocycles. The Labute approximate surface area is 156 Å². The van der Waals surface area contributed by atoms with Gasteiger partial charge < -0.3 is 19.7 Å². The van der Waals surface area contributed by atoms with Crippen LogP contribution in [0.3, 0.4) is 0 Å². The lowest BCUT2D eigenvalue weighted by molar-refractivity contribution is -0.156. The SMILES string of the molecule is C[C@@H](OC(=O)C[C@@H]1Oc2ccccc2NC1=O)C(=O)N(C)c1ccccc1. The molecule has 0 saturated carbocycles. The Morgan fingerprint density at radius 3 is 2.56 bits per heavy atom. The first-order valence-corrected chi connectivity index (χ1v) is 8.54. The second-order valence-electron chi connectivity index (χ2n) is 6.16. The zero-order valence-electron chi connectivity index (χ0n) is 15.0. The fourth-order valence-corrected chi connectivity index (χ4v) is 2.73. The summed E-state index contributed by atoms with van der Waals surface area (Å²) in [6, 6.07) is 16.0. The Morgan fingerprint density at radius 2 is 1.81 bits per heavy atom. The molecular formula is C20H20N2O5. The van der Waals surface area contributed by atoms with E-state index in [0.717, 1.165) is 0 Å². The summed E-state index contributed by atoms with van der Waals surface area (Å²) >= 11 is 0. The van der Waals surface area contributed by atoms with Crippen molar-refractivity contribution in [1.82, 2.24) is 0 Å². The number of hydrogen-bond acceptors (Lipinski definition) is 5. The number of amides is 2. The number of nitrogens with one attached hydrogen (secondary N) is 1. The first-order valence-electron chi connectivity index (χ1n) is 8.54. The number of esters is 1. The van der Waals surface area contributed by atoms with E-state index in [0.29, 0.717) is 17.1 Å². The van der Waals surface area contributed by atoms with Gasteiger partial charge >= 0.3 is 5.97 Å². The van der Waals surface area contributed by atoms with E-state index in [4.69, 9.17) is 9.47 Å². The molecule has 1 aliphatic heterocycles. The van der Waals surface area contributed by atoms with Crippen LogP contribution in [0.15, 0.2) is 54.6 Å². The van der Waals surface area contributed by atoms with E-state index in [1.807, 2.05) is 18.2 Å². The third kappa shape index (κ3) is 4.25. The second kappa shape index (κ2) is 7.90. The number of benzene rings is 2. The summed E-state index contributed by atoms with van der Waals surface area (Å²) in [4.78, 5) is 38.1. The molecule has 0 bridgehead atoms. The maximum absolute atomic E-state index is 12.4. The molecule has 1 aliphatic rings. The van der Waals surface area contributed by atoms with Gasteiger partial charge in [0.25, 0.3) is 11.8 Å². The minimum atomic E-state index is -0.999. The van der Waals surface area contributed by atoms with E-state index in [1.54, 1.807) is 43.4 Å². The average molecular weight is 368 g/mol.